The van der Waals surface area contributed by atoms with Gasteiger partial charge in [0, 0.05) is 53.9 Å². The van der Waals surface area contributed by atoms with E-state index in [1.54, 1.807) is 18.6 Å². The van der Waals surface area contributed by atoms with Gasteiger partial charge >= 0.3 is 0 Å². The number of likely N-dealkylation sites (tertiary alicyclic amines) is 1. The molecule has 1 saturated heterocycles. The number of anilines is 3. The number of fused-ring (bicyclic) bond motifs is 1. The van der Waals surface area contributed by atoms with E-state index in [1.165, 1.54) is 6.08 Å². The van der Waals surface area contributed by atoms with E-state index in [4.69, 9.17) is 21.3 Å². The third-order valence-corrected chi connectivity index (χ3v) is 6.47. The Kier molecular flexibility index (Phi) is 7.30. The van der Waals surface area contributed by atoms with Crippen LogP contribution in [0.3, 0.4) is 0 Å². The SMILES string of the molecule is C=CC(=O)Nc1cc(Nc2ncc3cccc(-c4cncc(Cl)c4)c3n2)ccc1OC1CCN(C)CC1. The zero-order valence-electron chi connectivity index (χ0n) is 20.4. The molecular formula is C28H27ClN6O2. The number of carbonyl (C=O) groups is 1. The number of aromatic nitrogens is 3. The molecule has 37 heavy (non-hydrogen) atoms. The van der Waals surface area contributed by atoms with Gasteiger partial charge in [0.15, 0.2) is 0 Å². The molecule has 5 rings (SSSR count). The molecule has 3 heterocycles. The second kappa shape index (κ2) is 10.9. The van der Waals surface area contributed by atoms with Crippen LogP contribution in [0.1, 0.15) is 12.8 Å². The summed E-state index contributed by atoms with van der Waals surface area (Å²) >= 11 is 6.17. The van der Waals surface area contributed by atoms with Gasteiger partial charge in [-0.1, -0.05) is 36.4 Å². The molecule has 2 aromatic heterocycles. The van der Waals surface area contributed by atoms with Crippen LogP contribution in [0.2, 0.25) is 5.02 Å². The van der Waals surface area contributed by atoms with Gasteiger partial charge in [-0.25, -0.2) is 9.97 Å². The lowest BCUT2D eigenvalue weighted by Crippen LogP contribution is -2.35. The summed E-state index contributed by atoms with van der Waals surface area (Å²) < 4.78 is 6.27. The molecule has 9 heteroatoms. The fourth-order valence-corrected chi connectivity index (χ4v) is 4.49. The number of hydrogen-bond acceptors (Lipinski definition) is 7. The second-order valence-electron chi connectivity index (χ2n) is 8.98. The van der Waals surface area contributed by atoms with Crippen molar-refractivity contribution in [3.63, 3.8) is 0 Å². The van der Waals surface area contributed by atoms with Gasteiger partial charge in [0.05, 0.1) is 16.2 Å². The maximum absolute atomic E-state index is 12.1. The van der Waals surface area contributed by atoms with E-state index in [2.05, 4.69) is 39.1 Å². The Balaban J connectivity index is 1.43. The number of amides is 1. The van der Waals surface area contributed by atoms with Gasteiger partial charge in [-0.15, -0.1) is 0 Å². The zero-order chi connectivity index (χ0) is 25.8. The van der Waals surface area contributed by atoms with E-state index in [1.807, 2.05) is 42.5 Å². The minimum absolute atomic E-state index is 0.0950. The molecule has 0 atom stereocenters. The van der Waals surface area contributed by atoms with Crippen LogP contribution in [0.5, 0.6) is 5.75 Å². The second-order valence-corrected chi connectivity index (χ2v) is 9.42. The molecule has 8 nitrogen and oxygen atoms in total. The van der Waals surface area contributed by atoms with Crippen molar-refractivity contribution >= 4 is 45.7 Å². The molecule has 0 radical (unpaired) electrons. The molecule has 1 aliphatic rings. The normalized spacial score (nSPS) is 14.3. The van der Waals surface area contributed by atoms with Gasteiger partial charge in [-0.3, -0.25) is 9.78 Å². The van der Waals surface area contributed by atoms with Crippen molar-refractivity contribution in [2.45, 2.75) is 18.9 Å². The van der Waals surface area contributed by atoms with Crippen molar-refractivity contribution in [3.05, 3.63) is 78.7 Å². The lowest BCUT2D eigenvalue weighted by atomic mass is 10.0. The summed E-state index contributed by atoms with van der Waals surface area (Å²) in [6, 6.07) is 13.3. The number of ether oxygens (including phenoxy) is 1. The first-order valence-electron chi connectivity index (χ1n) is 12.0. The lowest BCUT2D eigenvalue weighted by molar-refractivity contribution is -0.111. The number of benzene rings is 2. The van der Waals surface area contributed by atoms with Gasteiger partial charge in [0.1, 0.15) is 11.9 Å². The van der Waals surface area contributed by atoms with Crippen LogP contribution >= 0.6 is 11.6 Å². The number of halogens is 1. The highest BCUT2D eigenvalue weighted by molar-refractivity contribution is 6.30. The summed E-state index contributed by atoms with van der Waals surface area (Å²) in [6.07, 6.45) is 8.32. The Hall–Kier alpha value is -4.01. The van der Waals surface area contributed by atoms with E-state index >= 15 is 0 Å². The Morgan fingerprint density at radius 3 is 2.78 bits per heavy atom. The number of hydrogen-bond donors (Lipinski definition) is 2. The van der Waals surface area contributed by atoms with Gasteiger partial charge in [-0.2, -0.15) is 0 Å². The molecule has 1 fully saturated rings. The minimum atomic E-state index is -0.313. The van der Waals surface area contributed by atoms with Gasteiger partial charge in [0.2, 0.25) is 11.9 Å². The van der Waals surface area contributed by atoms with Crippen LogP contribution < -0.4 is 15.4 Å². The smallest absolute Gasteiger partial charge is 0.247 e. The Bertz CT molecular complexity index is 1450. The number of nitrogens with zero attached hydrogens (tertiary/aromatic N) is 4. The van der Waals surface area contributed by atoms with Crippen LogP contribution in [0.25, 0.3) is 22.0 Å². The van der Waals surface area contributed by atoms with Crippen molar-refractivity contribution in [1.29, 1.82) is 0 Å². The number of carbonyl (C=O) groups excluding carboxylic acids is 1. The minimum Gasteiger partial charge on any atom is -0.488 e. The Morgan fingerprint density at radius 1 is 1.16 bits per heavy atom. The molecular weight excluding hydrogens is 488 g/mol. The topological polar surface area (TPSA) is 92.3 Å². The largest absolute Gasteiger partial charge is 0.488 e. The average Bonchev–Trinajstić information content (AvgIpc) is 2.91. The number of para-hydroxylation sites is 1. The average molecular weight is 515 g/mol. The van der Waals surface area contributed by atoms with Crippen LogP contribution in [0.15, 0.2) is 73.7 Å². The highest BCUT2D eigenvalue weighted by Crippen LogP contribution is 2.33. The van der Waals surface area contributed by atoms with Gasteiger partial charge in [0.25, 0.3) is 0 Å². The standard InChI is InChI=1S/C28H27ClN6O2/c1-3-26(36)33-24-14-21(7-8-25(24)37-22-9-11-35(2)12-10-22)32-28-31-16-18-5-4-6-23(27(18)34-28)19-13-20(29)17-30-15-19/h3-8,13-17,22H,1,9-12H2,2H3,(H,33,36)(H,31,32,34). The van der Waals surface area contributed by atoms with E-state index in [0.29, 0.717) is 28.1 Å². The molecule has 0 saturated carbocycles. The van der Waals surface area contributed by atoms with Gasteiger partial charge in [-0.05, 0) is 50.2 Å². The molecule has 2 aromatic carbocycles. The fourth-order valence-electron chi connectivity index (χ4n) is 4.31. The highest BCUT2D eigenvalue weighted by Gasteiger charge is 2.20. The molecule has 0 spiro atoms. The highest BCUT2D eigenvalue weighted by atomic mass is 35.5. The molecule has 0 unspecified atom stereocenters. The predicted octanol–water partition coefficient (Wildman–Crippen LogP) is 5.69. The molecule has 0 aliphatic carbocycles. The van der Waals surface area contributed by atoms with Crippen LogP contribution in [-0.2, 0) is 4.79 Å². The molecule has 2 N–H and O–H groups in total. The Morgan fingerprint density at radius 2 is 2.00 bits per heavy atom. The van der Waals surface area contributed by atoms with Crippen molar-refractivity contribution in [3.8, 4) is 16.9 Å². The summed E-state index contributed by atoms with van der Waals surface area (Å²) in [5.74, 6) is 0.720. The van der Waals surface area contributed by atoms with Crippen LogP contribution in [0, 0.1) is 0 Å². The van der Waals surface area contributed by atoms with Crippen molar-refractivity contribution in [2.75, 3.05) is 30.8 Å². The first-order valence-corrected chi connectivity index (χ1v) is 12.4. The summed E-state index contributed by atoms with van der Waals surface area (Å²) in [7, 11) is 2.11. The molecule has 0 bridgehead atoms. The summed E-state index contributed by atoms with van der Waals surface area (Å²) in [5, 5.41) is 7.56. The van der Waals surface area contributed by atoms with E-state index in [9.17, 15) is 4.79 Å². The summed E-state index contributed by atoms with van der Waals surface area (Å²) in [6.45, 7) is 5.52. The third-order valence-electron chi connectivity index (χ3n) is 6.26. The quantitative estimate of drug-likeness (QED) is 0.306. The molecule has 188 valence electrons. The van der Waals surface area contributed by atoms with Crippen molar-refractivity contribution in [1.82, 2.24) is 19.9 Å². The predicted molar refractivity (Wildman–Crippen MR) is 147 cm³/mol. The molecule has 1 aliphatic heterocycles. The van der Waals surface area contributed by atoms with E-state index < -0.39 is 0 Å². The molecule has 4 aromatic rings. The fraction of sp³-hybridized carbons (Fsp3) is 0.214. The summed E-state index contributed by atoms with van der Waals surface area (Å²) in [4.78, 5) is 27.9. The first-order chi connectivity index (χ1) is 18.0. The number of nitrogens with one attached hydrogen (secondary N) is 2. The first kappa shape index (κ1) is 24.7. The third kappa shape index (κ3) is 5.87. The van der Waals surface area contributed by atoms with Gasteiger partial charge < -0.3 is 20.3 Å². The zero-order valence-corrected chi connectivity index (χ0v) is 21.2. The van der Waals surface area contributed by atoms with Crippen LogP contribution in [0.4, 0.5) is 17.3 Å². The van der Waals surface area contributed by atoms with Crippen LogP contribution in [-0.4, -0.2) is 52.0 Å². The number of rotatable bonds is 7. The van der Waals surface area contributed by atoms with E-state index in [0.717, 1.165) is 48.0 Å². The maximum atomic E-state index is 12.1. The molecule has 1 amide bonds. The number of pyridine rings is 1. The lowest BCUT2D eigenvalue weighted by Gasteiger charge is -2.30. The number of piperidine rings is 1. The van der Waals surface area contributed by atoms with Crippen molar-refractivity contribution in [2.24, 2.45) is 0 Å². The summed E-state index contributed by atoms with van der Waals surface area (Å²) in [5.41, 5.74) is 3.80. The van der Waals surface area contributed by atoms with Crippen molar-refractivity contribution < 1.29 is 9.53 Å². The van der Waals surface area contributed by atoms with E-state index in [-0.39, 0.29) is 12.0 Å². The Labute approximate surface area is 220 Å². The monoisotopic (exact) mass is 514 g/mol. The maximum Gasteiger partial charge on any atom is 0.247 e.